The lowest BCUT2D eigenvalue weighted by atomic mass is 10.0. The van der Waals surface area contributed by atoms with Crippen molar-refractivity contribution in [2.24, 2.45) is 17.4 Å². The topological polar surface area (TPSA) is 103 Å². The Bertz CT molecular complexity index is 141. The van der Waals surface area contributed by atoms with Crippen molar-refractivity contribution in [3.05, 3.63) is 0 Å². The molecule has 0 unspecified atom stereocenters. The second-order valence-corrected chi connectivity index (χ2v) is 2.51. The Morgan fingerprint density at radius 3 is 2.20 bits per heavy atom. The number of amidine groups is 2. The van der Waals surface area contributed by atoms with Gasteiger partial charge in [0.05, 0.1) is 5.92 Å². The molecule has 58 valence electrons. The molecule has 0 fully saturated rings. The van der Waals surface area contributed by atoms with Crippen molar-refractivity contribution in [2.75, 3.05) is 0 Å². The van der Waals surface area contributed by atoms with Gasteiger partial charge in [0.2, 0.25) is 11.7 Å². The van der Waals surface area contributed by atoms with Gasteiger partial charge in [0.25, 0.3) is 0 Å². The molecule has 4 heteroatoms. The van der Waals surface area contributed by atoms with E-state index in [0.717, 1.165) is 6.42 Å². The summed E-state index contributed by atoms with van der Waals surface area (Å²) in [6.07, 6.45) is 1.50. The van der Waals surface area contributed by atoms with Crippen LogP contribution in [0.5, 0.6) is 0 Å². The third-order valence-corrected chi connectivity index (χ3v) is 1.44. The molecule has 0 saturated carbocycles. The molecule has 0 heterocycles. The Hall–Kier alpha value is -1.06. The van der Waals surface area contributed by atoms with E-state index in [-0.39, 0.29) is 5.92 Å². The van der Waals surface area contributed by atoms with Crippen molar-refractivity contribution in [2.45, 2.75) is 19.8 Å². The van der Waals surface area contributed by atoms with Gasteiger partial charge in [-0.3, -0.25) is 22.3 Å². The van der Waals surface area contributed by atoms with Gasteiger partial charge in [0.1, 0.15) is 0 Å². The van der Waals surface area contributed by atoms with Crippen molar-refractivity contribution in [3.63, 3.8) is 0 Å². The van der Waals surface area contributed by atoms with E-state index in [0.29, 0.717) is 18.1 Å². The van der Waals surface area contributed by atoms with Gasteiger partial charge in [0.15, 0.2) is 0 Å². The highest BCUT2D eigenvalue weighted by Gasteiger charge is 2.10. The van der Waals surface area contributed by atoms with Gasteiger partial charge >= 0.3 is 0 Å². The van der Waals surface area contributed by atoms with Crippen LogP contribution in [0.4, 0.5) is 0 Å². The van der Waals surface area contributed by atoms with E-state index in [1.807, 2.05) is 6.92 Å². The normalized spacial score (nSPS) is 12.5. The van der Waals surface area contributed by atoms with Crippen LogP contribution in [0.3, 0.4) is 0 Å². The van der Waals surface area contributed by atoms with Crippen LogP contribution in [0.1, 0.15) is 19.8 Å². The fourth-order valence-corrected chi connectivity index (χ4v) is 0.550. The van der Waals surface area contributed by atoms with Crippen LogP contribution < -0.4 is 22.3 Å². The van der Waals surface area contributed by atoms with Gasteiger partial charge in [-0.15, -0.1) is 0 Å². The molecule has 0 amide bonds. The first kappa shape index (κ1) is 8.94. The Labute approximate surface area is 60.6 Å². The van der Waals surface area contributed by atoms with Gasteiger partial charge in [-0.25, -0.2) is 0 Å². The second kappa shape index (κ2) is 3.87. The summed E-state index contributed by atoms with van der Waals surface area (Å²) in [5, 5.41) is 10.6. The molecule has 0 rings (SSSR count). The minimum absolute atomic E-state index is 0.196. The molecule has 4 nitrogen and oxygen atoms in total. The predicted octanol–water partition coefficient (Wildman–Crippen LogP) is -3.36. The van der Waals surface area contributed by atoms with E-state index in [1.54, 1.807) is 0 Å². The van der Waals surface area contributed by atoms with Gasteiger partial charge in [-0.1, -0.05) is 6.92 Å². The third-order valence-electron chi connectivity index (χ3n) is 1.44. The zero-order valence-corrected chi connectivity index (χ0v) is 6.30. The number of hydrogen-bond donors (Lipinski definition) is 4. The number of hydrogen-bond acceptors (Lipinski definition) is 0. The highest BCUT2D eigenvalue weighted by Crippen LogP contribution is 2.01. The molecule has 0 aliphatic rings. The van der Waals surface area contributed by atoms with Crippen molar-refractivity contribution in [1.82, 2.24) is 0 Å². The molecule has 0 aliphatic carbocycles. The van der Waals surface area contributed by atoms with E-state index < -0.39 is 0 Å². The van der Waals surface area contributed by atoms with E-state index in [1.165, 1.54) is 0 Å². The predicted molar refractivity (Wildman–Crippen MR) is 40.6 cm³/mol. The summed E-state index contributed by atoms with van der Waals surface area (Å²) in [5.74, 6) is 1.08. The summed E-state index contributed by atoms with van der Waals surface area (Å²) < 4.78 is 0. The van der Waals surface area contributed by atoms with E-state index in [9.17, 15) is 0 Å². The first-order valence-corrected chi connectivity index (χ1v) is 3.28. The molecule has 0 radical (unpaired) electrons. The first-order valence-electron chi connectivity index (χ1n) is 3.28. The summed E-state index contributed by atoms with van der Waals surface area (Å²) in [6.45, 7) is 1.94. The van der Waals surface area contributed by atoms with Crippen LogP contribution >= 0.6 is 0 Å². The standard InChI is InChI=1S/C6H14N4/c1-4(6(9)10)2-3-5(7)8/h4H,2-3H2,1H3,(H3,7,8)(H3,9,10)/p+2/t4-/m0/s1. The minimum Gasteiger partial charge on any atom is -0.291 e. The molecular weight excluding hydrogens is 128 g/mol. The van der Waals surface area contributed by atoms with Crippen molar-refractivity contribution in [3.8, 4) is 0 Å². The van der Waals surface area contributed by atoms with E-state index in [4.69, 9.17) is 22.3 Å². The number of nitrogens with two attached hydrogens (primary N) is 4. The van der Waals surface area contributed by atoms with Gasteiger partial charge < -0.3 is 0 Å². The largest absolute Gasteiger partial charge is 0.291 e. The summed E-state index contributed by atoms with van der Waals surface area (Å²) >= 11 is 0. The smallest absolute Gasteiger partial charge is 0.241 e. The summed E-state index contributed by atoms with van der Waals surface area (Å²) in [5.41, 5.74) is 10.6. The lowest BCUT2D eigenvalue weighted by Gasteiger charge is -2.00. The zero-order valence-electron chi connectivity index (χ0n) is 6.30. The Morgan fingerprint density at radius 1 is 1.40 bits per heavy atom. The number of rotatable bonds is 4. The van der Waals surface area contributed by atoms with E-state index >= 15 is 0 Å². The highest BCUT2D eigenvalue weighted by molar-refractivity contribution is 5.78. The highest BCUT2D eigenvalue weighted by atomic mass is 14.7. The van der Waals surface area contributed by atoms with Crippen LogP contribution in [0, 0.1) is 5.92 Å². The third kappa shape index (κ3) is 3.88. The van der Waals surface area contributed by atoms with Crippen molar-refractivity contribution in [1.29, 1.82) is 0 Å². The Kier molecular flexibility index (Phi) is 3.46. The second-order valence-electron chi connectivity index (χ2n) is 2.51. The summed E-state index contributed by atoms with van der Waals surface area (Å²) in [7, 11) is 0. The molecular formula is C6H16N4+2. The Balaban J connectivity index is 3.49. The molecule has 0 aliphatic heterocycles. The maximum atomic E-state index is 5.33. The van der Waals surface area contributed by atoms with Crippen LogP contribution in [-0.2, 0) is 0 Å². The average Bonchev–Trinajstić information content (AvgIpc) is 1.82. The fourth-order valence-electron chi connectivity index (χ4n) is 0.550. The molecule has 0 aromatic heterocycles. The molecule has 0 bridgehead atoms. The Morgan fingerprint density at radius 2 is 1.90 bits per heavy atom. The summed E-state index contributed by atoms with van der Waals surface area (Å²) in [6, 6.07) is 0. The molecule has 0 spiro atoms. The van der Waals surface area contributed by atoms with Gasteiger partial charge in [0, 0.05) is 6.42 Å². The van der Waals surface area contributed by atoms with Crippen LogP contribution in [0.15, 0.2) is 0 Å². The molecule has 1 atom stereocenters. The SMILES string of the molecule is C[C@@H](CCC(N)=[NH2+])C(N)=[NH2+]. The quantitative estimate of drug-likeness (QED) is 0.244. The van der Waals surface area contributed by atoms with Gasteiger partial charge in [-0.2, -0.15) is 0 Å². The minimum atomic E-state index is 0.196. The lowest BCUT2D eigenvalue weighted by Crippen LogP contribution is -2.50. The van der Waals surface area contributed by atoms with E-state index in [2.05, 4.69) is 0 Å². The first-order chi connectivity index (χ1) is 4.54. The van der Waals surface area contributed by atoms with Gasteiger partial charge in [-0.05, 0) is 6.42 Å². The zero-order chi connectivity index (χ0) is 8.15. The summed E-state index contributed by atoms with van der Waals surface area (Å²) in [4.78, 5) is 0. The van der Waals surface area contributed by atoms with Crippen molar-refractivity contribution >= 4 is 11.7 Å². The fraction of sp³-hybridized carbons (Fsp3) is 0.667. The van der Waals surface area contributed by atoms with Crippen LogP contribution in [-0.4, -0.2) is 11.7 Å². The van der Waals surface area contributed by atoms with Crippen LogP contribution in [0.25, 0.3) is 0 Å². The van der Waals surface area contributed by atoms with Crippen molar-refractivity contribution < 1.29 is 10.8 Å². The molecule has 8 N–H and O–H groups in total. The van der Waals surface area contributed by atoms with Crippen LogP contribution in [0.2, 0.25) is 0 Å². The molecule has 0 saturated heterocycles. The molecule has 0 aromatic carbocycles. The maximum absolute atomic E-state index is 5.33. The molecule has 10 heavy (non-hydrogen) atoms. The molecule has 0 aromatic rings. The average molecular weight is 144 g/mol. The monoisotopic (exact) mass is 144 g/mol. The lowest BCUT2D eigenvalue weighted by molar-refractivity contribution is -0.122. The maximum Gasteiger partial charge on any atom is 0.241 e.